The Bertz CT molecular complexity index is 1000. The van der Waals surface area contributed by atoms with Crippen LogP contribution in [0, 0.1) is 5.82 Å². The maximum atomic E-state index is 13.4. The predicted octanol–water partition coefficient (Wildman–Crippen LogP) is 2.91. The molecule has 1 aliphatic rings. The number of hydrogen-bond acceptors (Lipinski definition) is 4. The molecule has 0 aliphatic carbocycles. The highest BCUT2D eigenvalue weighted by Gasteiger charge is 2.25. The molecule has 0 bridgehead atoms. The van der Waals surface area contributed by atoms with E-state index in [1.165, 1.54) is 22.5 Å². The molecule has 0 radical (unpaired) electrons. The molecule has 1 heterocycles. The van der Waals surface area contributed by atoms with Gasteiger partial charge in [0.25, 0.3) is 0 Å². The second-order valence-corrected chi connectivity index (χ2v) is 8.84. The molecule has 3 rings (SSSR count). The summed E-state index contributed by atoms with van der Waals surface area (Å²) < 4.78 is 45.3. The van der Waals surface area contributed by atoms with Gasteiger partial charge in [-0.25, -0.2) is 12.8 Å². The van der Waals surface area contributed by atoms with Crippen LogP contribution in [0.15, 0.2) is 59.5 Å². The Kier molecular flexibility index (Phi) is 7.36. The lowest BCUT2D eigenvalue weighted by Gasteiger charge is -2.26. The summed E-state index contributed by atoms with van der Waals surface area (Å²) in [6, 6.07) is 12.6. The van der Waals surface area contributed by atoms with E-state index in [9.17, 15) is 17.6 Å². The summed E-state index contributed by atoms with van der Waals surface area (Å²) >= 11 is 0. The van der Waals surface area contributed by atoms with E-state index in [0.29, 0.717) is 45.0 Å². The highest BCUT2D eigenvalue weighted by atomic mass is 32.2. The zero-order valence-electron chi connectivity index (χ0n) is 16.8. The molecule has 1 amide bonds. The first-order valence-electron chi connectivity index (χ1n) is 9.79. The quantitative estimate of drug-likeness (QED) is 0.631. The van der Waals surface area contributed by atoms with Crippen LogP contribution in [0.3, 0.4) is 0 Å². The van der Waals surface area contributed by atoms with E-state index < -0.39 is 10.0 Å². The highest BCUT2D eigenvalue weighted by Crippen LogP contribution is 2.18. The number of carbonyl (C=O) groups is 1. The zero-order chi connectivity index (χ0) is 21.6. The molecule has 0 saturated carbocycles. The first kappa shape index (κ1) is 22.1. The van der Waals surface area contributed by atoms with E-state index in [1.54, 1.807) is 47.4 Å². The third-order valence-corrected chi connectivity index (χ3v) is 6.78. The third kappa shape index (κ3) is 5.53. The van der Waals surface area contributed by atoms with Gasteiger partial charge in [0.15, 0.2) is 0 Å². The lowest BCUT2D eigenvalue weighted by atomic mass is 10.2. The Labute approximate surface area is 176 Å². The van der Waals surface area contributed by atoms with Crippen molar-refractivity contribution in [3.63, 3.8) is 0 Å². The summed E-state index contributed by atoms with van der Waals surface area (Å²) in [5.74, 6) is -0.537. The molecule has 1 fully saturated rings. The number of carbonyl (C=O) groups excluding carboxylic acids is 1. The molecule has 30 heavy (non-hydrogen) atoms. The lowest BCUT2D eigenvalue weighted by molar-refractivity contribution is -0.126. The molecule has 2 aromatic carbocycles. The number of hydrogen-bond donors (Lipinski definition) is 0. The molecule has 8 heteroatoms. The van der Waals surface area contributed by atoms with Crippen molar-refractivity contribution in [2.24, 2.45) is 0 Å². The predicted molar refractivity (Wildman–Crippen MR) is 113 cm³/mol. The molecule has 6 nitrogen and oxygen atoms in total. The maximum Gasteiger partial charge on any atom is 0.246 e. The summed E-state index contributed by atoms with van der Waals surface area (Å²) in [5, 5.41) is 0. The standard InChI is InChI=1S/C22H25FN2O4S/c1-2-24(17-19-4-3-5-20(23)16-19)22(26)11-8-18-6-9-21(10-7-18)30(27,28)25-12-14-29-15-13-25/h3-11,16H,2,12-15,17H2,1H3. The van der Waals surface area contributed by atoms with Crippen LogP contribution in [0.1, 0.15) is 18.1 Å². The molecular formula is C22H25FN2O4S. The largest absolute Gasteiger partial charge is 0.379 e. The van der Waals surface area contributed by atoms with Gasteiger partial charge in [-0.15, -0.1) is 0 Å². The zero-order valence-corrected chi connectivity index (χ0v) is 17.6. The van der Waals surface area contributed by atoms with Crippen molar-refractivity contribution in [1.29, 1.82) is 0 Å². The molecule has 0 N–H and O–H groups in total. The lowest BCUT2D eigenvalue weighted by Crippen LogP contribution is -2.40. The fourth-order valence-electron chi connectivity index (χ4n) is 3.16. The van der Waals surface area contributed by atoms with Gasteiger partial charge in [0.2, 0.25) is 15.9 Å². The van der Waals surface area contributed by atoms with E-state index in [2.05, 4.69) is 0 Å². The van der Waals surface area contributed by atoms with Crippen LogP contribution < -0.4 is 0 Å². The Hall–Kier alpha value is -2.55. The Morgan fingerprint density at radius 3 is 2.50 bits per heavy atom. The van der Waals surface area contributed by atoms with Crippen LogP contribution in [0.5, 0.6) is 0 Å². The number of morpholine rings is 1. The van der Waals surface area contributed by atoms with E-state index in [-0.39, 0.29) is 16.6 Å². The number of ether oxygens (including phenoxy) is 1. The average Bonchev–Trinajstić information content (AvgIpc) is 2.76. The van der Waals surface area contributed by atoms with Gasteiger partial charge in [0, 0.05) is 32.3 Å². The van der Waals surface area contributed by atoms with Crippen molar-refractivity contribution < 1.29 is 22.3 Å². The van der Waals surface area contributed by atoms with Gasteiger partial charge < -0.3 is 9.64 Å². The second-order valence-electron chi connectivity index (χ2n) is 6.90. The van der Waals surface area contributed by atoms with E-state index in [1.807, 2.05) is 6.92 Å². The number of halogens is 1. The maximum absolute atomic E-state index is 13.4. The van der Waals surface area contributed by atoms with Crippen LogP contribution in [0.2, 0.25) is 0 Å². The van der Waals surface area contributed by atoms with Gasteiger partial charge >= 0.3 is 0 Å². The monoisotopic (exact) mass is 432 g/mol. The third-order valence-electron chi connectivity index (χ3n) is 4.86. The van der Waals surface area contributed by atoms with Crippen molar-refractivity contribution in [1.82, 2.24) is 9.21 Å². The van der Waals surface area contributed by atoms with Gasteiger partial charge in [-0.05, 0) is 48.4 Å². The summed E-state index contributed by atoms with van der Waals surface area (Å²) in [7, 11) is -3.54. The molecule has 0 atom stereocenters. The molecule has 0 aromatic heterocycles. The second kappa shape index (κ2) is 9.97. The van der Waals surface area contributed by atoms with E-state index in [4.69, 9.17) is 4.74 Å². The molecule has 0 unspecified atom stereocenters. The average molecular weight is 433 g/mol. The minimum absolute atomic E-state index is 0.202. The Morgan fingerprint density at radius 1 is 1.17 bits per heavy atom. The first-order valence-corrected chi connectivity index (χ1v) is 11.2. The fraction of sp³-hybridized carbons (Fsp3) is 0.318. The van der Waals surface area contributed by atoms with E-state index in [0.717, 1.165) is 5.56 Å². The highest BCUT2D eigenvalue weighted by molar-refractivity contribution is 7.89. The number of likely N-dealkylation sites (N-methyl/N-ethyl adjacent to an activating group) is 1. The van der Waals surface area contributed by atoms with Crippen LogP contribution >= 0.6 is 0 Å². The number of rotatable bonds is 7. The summed E-state index contributed by atoms with van der Waals surface area (Å²) in [5.41, 5.74) is 1.43. The number of sulfonamides is 1. The van der Waals surface area contributed by atoms with Gasteiger partial charge in [-0.1, -0.05) is 24.3 Å². The van der Waals surface area contributed by atoms with Gasteiger partial charge in [-0.2, -0.15) is 4.31 Å². The van der Waals surface area contributed by atoms with Gasteiger partial charge in [0.05, 0.1) is 18.1 Å². The minimum Gasteiger partial charge on any atom is -0.379 e. The number of amides is 1. The molecule has 160 valence electrons. The van der Waals surface area contributed by atoms with Crippen LogP contribution in [0.4, 0.5) is 4.39 Å². The summed E-state index contributed by atoms with van der Waals surface area (Å²) in [6.07, 6.45) is 3.08. The van der Waals surface area contributed by atoms with Crippen molar-refractivity contribution in [2.45, 2.75) is 18.4 Å². The van der Waals surface area contributed by atoms with Crippen molar-refractivity contribution in [3.8, 4) is 0 Å². The normalized spacial score (nSPS) is 15.4. The number of nitrogens with zero attached hydrogens (tertiary/aromatic N) is 2. The Balaban J connectivity index is 1.65. The van der Waals surface area contributed by atoms with Gasteiger partial charge in [0.1, 0.15) is 5.82 Å². The first-order chi connectivity index (χ1) is 14.4. The van der Waals surface area contributed by atoms with Crippen molar-refractivity contribution >= 4 is 22.0 Å². The summed E-state index contributed by atoms with van der Waals surface area (Å²) in [4.78, 5) is 14.3. The minimum atomic E-state index is -3.54. The number of benzene rings is 2. The smallest absolute Gasteiger partial charge is 0.246 e. The molecule has 2 aromatic rings. The van der Waals surface area contributed by atoms with Gasteiger partial charge in [-0.3, -0.25) is 4.79 Å². The van der Waals surface area contributed by atoms with Crippen molar-refractivity contribution in [2.75, 3.05) is 32.8 Å². The molecule has 0 spiro atoms. The van der Waals surface area contributed by atoms with Crippen LogP contribution in [-0.4, -0.2) is 56.4 Å². The van der Waals surface area contributed by atoms with Crippen LogP contribution in [-0.2, 0) is 26.1 Å². The molecular weight excluding hydrogens is 407 g/mol. The summed E-state index contributed by atoms with van der Waals surface area (Å²) in [6.45, 7) is 4.13. The van der Waals surface area contributed by atoms with E-state index >= 15 is 0 Å². The topological polar surface area (TPSA) is 66.9 Å². The Morgan fingerprint density at radius 2 is 1.87 bits per heavy atom. The van der Waals surface area contributed by atoms with Crippen LogP contribution in [0.25, 0.3) is 6.08 Å². The van der Waals surface area contributed by atoms with Crippen molar-refractivity contribution in [3.05, 3.63) is 71.6 Å². The SMILES string of the molecule is CCN(Cc1cccc(F)c1)C(=O)C=Cc1ccc(S(=O)(=O)N2CCOCC2)cc1. The molecule has 1 aliphatic heterocycles. The fourth-order valence-corrected chi connectivity index (χ4v) is 4.57. The molecule has 1 saturated heterocycles.